The Balaban J connectivity index is 2.20. The van der Waals surface area contributed by atoms with Crippen LogP contribution in [0.4, 0.5) is 0 Å². The van der Waals surface area contributed by atoms with E-state index in [1.54, 1.807) is 0 Å². The number of nitrogens with zero attached hydrogens (tertiary/aromatic N) is 1. The summed E-state index contributed by atoms with van der Waals surface area (Å²) in [5, 5.41) is 12.9. The van der Waals surface area contributed by atoms with Crippen LogP contribution < -0.4 is 0 Å². The molecule has 0 heterocycles. The first-order chi connectivity index (χ1) is 7.90. The Morgan fingerprint density at radius 3 is 2.00 bits per heavy atom. The van der Waals surface area contributed by atoms with Gasteiger partial charge in [0.25, 0.3) is 0 Å². The first-order valence-corrected chi connectivity index (χ1v) is 5.72. The van der Waals surface area contributed by atoms with Crippen molar-refractivity contribution in [3.63, 3.8) is 0 Å². The Hall–Kier alpha value is -1.74. The smallest absolute Gasteiger partial charge is 0.147 e. The van der Waals surface area contributed by atoms with Gasteiger partial charge in [0.2, 0.25) is 0 Å². The summed E-state index contributed by atoms with van der Waals surface area (Å²) in [7, 11) is 0. The van der Waals surface area contributed by atoms with E-state index in [1.807, 2.05) is 60.7 Å². The summed E-state index contributed by atoms with van der Waals surface area (Å²) in [5.41, 5.74) is 0.916. The highest BCUT2D eigenvalue weighted by atomic mass is 32.2. The van der Waals surface area contributed by atoms with E-state index in [0.717, 1.165) is 10.5 Å². The highest BCUT2D eigenvalue weighted by Crippen LogP contribution is 2.22. The summed E-state index contributed by atoms with van der Waals surface area (Å²) in [6.07, 6.45) is 0. The number of hydrogen-bond donors (Lipinski definition) is 1. The van der Waals surface area contributed by atoms with E-state index in [1.165, 1.54) is 11.8 Å². The molecule has 0 bridgehead atoms. The maximum Gasteiger partial charge on any atom is 0.147 e. The lowest BCUT2D eigenvalue weighted by molar-refractivity contribution is 0.321. The van der Waals surface area contributed by atoms with Crippen LogP contribution in [0.3, 0.4) is 0 Å². The van der Waals surface area contributed by atoms with Gasteiger partial charge in [0, 0.05) is 10.5 Å². The maximum atomic E-state index is 9.01. The molecule has 0 fully saturated rings. The second kappa shape index (κ2) is 5.37. The molecule has 0 aromatic heterocycles. The fourth-order valence-electron chi connectivity index (χ4n) is 1.32. The molecule has 0 unspecified atom stereocenters. The molecule has 1 N–H and O–H groups in total. The molecule has 2 rings (SSSR count). The molecule has 2 aromatic rings. The van der Waals surface area contributed by atoms with Gasteiger partial charge in [-0.05, 0) is 12.1 Å². The second-order valence-electron chi connectivity index (χ2n) is 3.19. The van der Waals surface area contributed by atoms with Gasteiger partial charge >= 0.3 is 0 Å². The molecule has 0 aliphatic heterocycles. The standard InChI is InChI=1S/C13H11NOS/c15-14-13(11-7-3-1-4-8-11)16-12-9-5-2-6-10-12/h1-10,15H/b14-13-. The second-order valence-corrected chi connectivity index (χ2v) is 4.25. The van der Waals surface area contributed by atoms with Crippen LogP contribution in [0.15, 0.2) is 70.7 Å². The van der Waals surface area contributed by atoms with E-state index in [2.05, 4.69) is 5.16 Å². The minimum absolute atomic E-state index is 0.604. The summed E-state index contributed by atoms with van der Waals surface area (Å²) in [5.74, 6) is 0. The van der Waals surface area contributed by atoms with Gasteiger partial charge in [-0.25, -0.2) is 0 Å². The molecule has 80 valence electrons. The minimum Gasteiger partial charge on any atom is -0.410 e. The van der Waals surface area contributed by atoms with Crippen LogP contribution in [-0.2, 0) is 0 Å². The Labute approximate surface area is 98.6 Å². The highest BCUT2D eigenvalue weighted by Gasteiger charge is 2.05. The van der Waals surface area contributed by atoms with Crippen molar-refractivity contribution in [2.45, 2.75) is 4.90 Å². The number of rotatable bonds is 2. The van der Waals surface area contributed by atoms with Crippen LogP contribution in [0.25, 0.3) is 0 Å². The fraction of sp³-hybridized carbons (Fsp3) is 0. The van der Waals surface area contributed by atoms with Crippen molar-refractivity contribution >= 4 is 16.8 Å². The average Bonchev–Trinajstić information content (AvgIpc) is 2.38. The molecule has 0 radical (unpaired) electrons. The van der Waals surface area contributed by atoms with Crippen LogP contribution in [0.2, 0.25) is 0 Å². The van der Waals surface area contributed by atoms with Crippen LogP contribution >= 0.6 is 11.8 Å². The summed E-state index contributed by atoms with van der Waals surface area (Å²) < 4.78 is 0. The average molecular weight is 229 g/mol. The van der Waals surface area contributed by atoms with Crippen LogP contribution in [0.1, 0.15) is 5.56 Å². The number of hydrogen-bond acceptors (Lipinski definition) is 3. The zero-order valence-corrected chi connectivity index (χ0v) is 9.39. The molecule has 0 amide bonds. The quantitative estimate of drug-likeness (QED) is 0.280. The van der Waals surface area contributed by atoms with Gasteiger partial charge in [0.1, 0.15) is 5.04 Å². The summed E-state index contributed by atoms with van der Waals surface area (Å²) in [4.78, 5) is 1.05. The number of thioether (sulfide) groups is 1. The van der Waals surface area contributed by atoms with Crippen LogP contribution in [0.5, 0.6) is 0 Å². The summed E-state index contributed by atoms with van der Waals surface area (Å²) >= 11 is 1.44. The molecule has 0 aliphatic rings. The molecular weight excluding hydrogens is 218 g/mol. The first-order valence-electron chi connectivity index (χ1n) is 4.90. The normalized spacial score (nSPS) is 11.4. The van der Waals surface area contributed by atoms with Gasteiger partial charge in [-0.1, -0.05) is 65.4 Å². The molecular formula is C13H11NOS. The Kier molecular flexibility index (Phi) is 3.62. The SMILES string of the molecule is O/N=C(\Sc1ccccc1)c1ccccc1. The monoisotopic (exact) mass is 229 g/mol. The molecule has 0 saturated heterocycles. The molecule has 0 spiro atoms. The largest absolute Gasteiger partial charge is 0.410 e. The topological polar surface area (TPSA) is 32.6 Å². The highest BCUT2D eigenvalue weighted by molar-refractivity contribution is 8.14. The molecule has 0 aliphatic carbocycles. The lowest BCUT2D eigenvalue weighted by Gasteiger charge is -2.03. The third-order valence-electron chi connectivity index (χ3n) is 2.07. The van der Waals surface area contributed by atoms with Gasteiger partial charge in [-0.3, -0.25) is 0 Å². The van der Waals surface area contributed by atoms with Crippen molar-refractivity contribution in [2.24, 2.45) is 5.16 Å². The summed E-state index contributed by atoms with van der Waals surface area (Å²) in [6.45, 7) is 0. The zero-order chi connectivity index (χ0) is 11.2. The van der Waals surface area contributed by atoms with Gasteiger partial charge < -0.3 is 5.21 Å². The van der Waals surface area contributed by atoms with Gasteiger partial charge in [-0.15, -0.1) is 0 Å². The third-order valence-corrected chi connectivity index (χ3v) is 3.09. The maximum absolute atomic E-state index is 9.01. The van der Waals surface area contributed by atoms with E-state index in [9.17, 15) is 0 Å². The molecule has 0 saturated carbocycles. The Morgan fingerprint density at radius 1 is 0.875 bits per heavy atom. The zero-order valence-electron chi connectivity index (χ0n) is 8.58. The first kappa shape index (κ1) is 10.8. The molecule has 2 aromatic carbocycles. The van der Waals surface area contributed by atoms with E-state index in [-0.39, 0.29) is 0 Å². The molecule has 2 nitrogen and oxygen atoms in total. The van der Waals surface area contributed by atoms with Gasteiger partial charge in [-0.2, -0.15) is 0 Å². The van der Waals surface area contributed by atoms with Crippen LogP contribution in [0, 0.1) is 0 Å². The predicted octanol–water partition coefficient (Wildman–Crippen LogP) is 3.61. The third kappa shape index (κ3) is 2.64. The molecule has 0 atom stereocenters. The van der Waals surface area contributed by atoms with Crippen LogP contribution in [-0.4, -0.2) is 10.3 Å². The van der Waals surface area contributed by atoms with Crippen molar-refractivity contribution in [1.82, 2.24) is 0 Å². The molecule has 16 heavy (non-hydrogen) atoms. The fourth-order valence-corrected chi connectivity index (χ4v) is 2.13. The lowest BCUT2D eigenvalue weighted by atomic mass is 10.2. The van der Waals surface area contributed by atoms with E-state index >= 15 is 0 Å². The summed E-state index contributed by atoms with van der Waals surface area (Å²) in [6, 6.07) is 19.5. The predicted molar refractivity (Wildman–Crippen MR) is 67.1 cm³/mol. The molecule has 3 heteroatoms. The van der Waals surface area contributed by atoms with Crippen molar-refractivity contribution in [2.75, 3.05) is 0 Å². The van der Waals surface area contributed by atoms with Gasteiger partial charge in [0.15, 0.2) is 0 Å². The minimum atomic E-state index is 0.604. The van der Waals surface area contributed by atoms with E-state index in [4.69, 9.17) is 5.21 Å². The number of benzene rings is 2. The van der Waals surface area contributed by atoms with Crippen molar-refractivity contribution in [3.05, 3.63) is 66.2 Å². The lowest BCUT2D eigenvalue weighted by Crippen LogP contribution is -1.94. The Bertz CT molecular complexity index is 468. The van der Waals surface area contributed by atoms with E-state index < -0.39 is 0 Å². The number of oxime groups is 1. The van der Waals surface area contributed by atoms with Crippen molar-refractivity contribution in [3.8, 4) is 0 Å². The Morgan fingerprint density at radius 2 is 1.44 bits per heavy atom. The van der Waals surface area contributed by atoms with Gasteiger partial charge in [0.05, 0.1) is 0 Å². The van der Waals surface area contributed by atoms with Crippen molar-refractivity contribution < 1.29 is 5.21 Å². The van der Waals surface area contributed by atoms with Crippen molar-refractivity contribution in [1.29, 1.82) is 0 Å². The van der Waals surface area contributed by atoms with E-state index in [0.29, 0.717) is 5.04 Å².